The second kappa shape index (κ2) is 11.2. The van der Waals surface area contributed by atoms with Gasteiger partial charge in [0.05, 0.1) is 0 Å². The Balaban J connectivity index is 1.44. The van der Waals surface area contributed by atoms with E-state index in [0.717, 1.165) is 52.2 Å². The largest absolute Gasteiger partial charge is 0.356 e. The van der Waals surface area contributed by atoms with Crippen molar-refractivity contribution in [3.05, 3.63) is 22.4 Å². The average molecular weight is 367 g/mol. The lowest BCUT2D eigenvalue weighted by Gasteiger charge is -2.33. The van der Waals surface area contributed by atoms with E-state index in [0.29, 0.717) is 24.9 Å². The fourth-order valence-corrected chi connectivity index (χ4v) is 3.53. The molecule has 140 valence electrons. The Morgan fingerprint density at radius 2 is 1.80 bits per heavy atom. The van der Waals surface area contributed by atoms with E-state index in [1.165, 1.54) is 11.3 Å². The molecule has 0 atom stereocenters. The number of carbonyl (C=O) groups excluding carboxylic acids is 2. The lowest BCUT2D eigenvalue weighted by Crippen LogP contribution is -2.46. The van der Waals surface area contributed by atoms with Gasteiger partial charge in [0.1, 0.15) is 0 Å². The van der Waals surface area contributed by atoms with E-state index >= 15 is 0 Å². The Morgan fingerprint density at radius 1 is 1.08 bits per heavy atom. The number of nitrogens with one attached hydrogen (secondary N) is 2. The van der Waals surface area contributed by atoms with Gasteiger partial charge in [-0.1, -0.05) is 6.92 Å². The van der Waals surface area contributed by atoms with Gasteiger partial charge in [0.15, 0.2) is 0 Å². The maximum Gasteiger partial charge on any atom is 0.252 e. The maximum atomic E-state index is 11.8. The molecule has 2 N–H and O–H groups in total. The average Bonchev–Trinajstić information content (AvgIpc) is 3.17. The number of likely N-dealkylation sites (N-methyl/N-ethyl adjacent to an activating group) is 1. The van der Waals surface area contributed by atoms with Crippen LogP contribution in [0.25, 0.3) is 0 Å². The first kappa shape index (κ1) is 19.9. The number of piperazine rings is 1. The van der Waals surface area contributed by atoms with Gasteiger partial charge in [0, 0.05) is 56.6 Å². The van der Waals surface area contributed by atoms with Gasteiger partial charge >= 0.3 is 0 Å². The van der Waals surface area contributed by atoms with Crippen molar-refractivity contribution in [3.63, 3.8) is 0 Å². The van der Waals surface area contributed by atoms with E-state index in [4.69, 9.17) is 0 Å². The zero-order valence-electron chi connectivity index (χ0n) is 15.1. The number of thiophene rings is 1. The van der Waals surface area contributed by atoms with Crippen LogP contribution in [0.3, 0.4) is 0 Å². The summed E-state index contributed by atoms with van der Waals surface area (Å²) >= 11 is 1.50. The molecule has 0 spiro atoms. The minimum absolute atomic E-state index is 0.0650. The normalized spacial score (nSPS) is 15.9. The van der Waals surface area contributed by atoms with Crippen molar-refractivity contribution in [3.8, 4) is 0 Å². The Morgan fingerprint density at radius 3 is 2.48 bits per heavy atom. The van der Waals surface area contributed by atoms with Crippen LogP contribution in [0.5, 0.6) is 0 Å². The second-order valence-electron chi connectivity index (χ2n) is 6.35. The fraction of sp³-hybridized carbons (Fsp3) is 0.667. The molecule has 0 saturated carbocycles. The summed E-state index contributed by atoms with van der Waals surface area (Å²) in [7, 11) is 0. The summed E-state index contributed by atoms with van der Waals surface area (Å²) in [4.78, 5) is 28.5. The van der Waals surface area contributed by atoms with Crippen molar-refractivity contribution in [2.24, 2.45) is 0 Å². The summed E-state index contributed by atoms with van der Waals surface area (Å²) in [5, 5.41) is 9.51. The highest BCUT2D eigenvalue weighted by molar-refractivity contribution is 7.08. The van der Waals surface area contributed by atoms with Crippen molar-refractivity contribution < 1.29 is 9.59 Å². The Labute approximate surface area is 154 Å². The summed E-state index contributed by atoms with van der Waals surface area (Å²) < 4.78 is 0. The predicted octanol–water partition coefficient (Wildman–Crippen LogP) is 1.40. The summed E-state index contributed by atoms with van der Waals surface area (Å²) in [5.74, 6) is 0.00501. The minimum atomic E-state index is -0.0650. The molecule has 6 nitrogen and oxygen atoms in total. The highest BCUT2D eigenvalue weighted by Crippen LogP contribution is 2.05. The summed E-state index contributed by atoms with van der Waals surface area (Å²) in [6, 6.07) is 1.80. The van der Waals surface area contributed by atoms with Gasteiger partial charge in [-0.2, -0.15) is 11.3 Å². The molecular formula is C18H30N4O2S. The summed E-state index contributed by atoms with van der Waals surface area (Å²) in [6.45, 7) is 10.2. The first-order chi connectivity index (χ1) is 12.2. The molecule has 2 heterocycles. The molecule has 1 aliphatic rings. The molecule has 1 saturated heterocycles. The fourth-order valence-electron chi connectivity index (χ4n) is 2.89. The number of hydrogen-bond donors (Lipinski definition) is 2. The number of amides is 2. The summed E-state index contributed by atoms with van der Waals surface area (Å²) in [5.41, 5.74) is 0.689. The van der Waals surface area contributed by atoms with E-state index < -0.39 is 0 Å². The highest BCUT2D eigenvalue weighted by Gasteiger charge is 2.14. The van der Waals surface area contributed by atoms with Gasteiger partial charge in [0.25, 0.3) is 5.91 Å². The van der Waals surface area contributed by atoms with Crippen LogP contribution in [0, 0.1) is 0 Å². The van der Waals surface area contributed by atoms with E-state index in [9.17, 15) is 9.59 Å². The molecule has 0 radical (unpaired) electrons. The van der Waals surface area contributed by atoms with Gasteiger partial charge < -0.3 is 20.4 Å². The molecule has 1 aromatic heterocycles. The molecule has 7 heteroatoms. The molecule has 0 unspecified atom stereocenters. The Hall–Kier alpha value is -1.44. The SMILES string of the molecule is CCN1CCN(CCCNC(=O)CCCNC(=O)c2ccsc2)CC1. The first-order valence-electron chi connectivity index (χ1n) is 9.21. The van der Waals surface area contributed by atoms with Gasteiger partial charge in [0.2, 0.25) is 5.91 Å². The third-order valence-electron chi connectivity index (χ3n) is 4.53. The number of carbonyl (C=O) groups is 2. The van der Waals surface area contributed by atoms with Crippen LogP contribution in [0.2, 0.25) is 0 Å². The second-order valence-corrected chi connectivity index (χ2v) is 7.13. The molecule has 1 fully saturated rings. The maximum absolute atomic E-state index is 11.8. The smallest absolute Gasteiger partial charge is 0.252 e. The van der Waals surface area contributed by atoms with Crippen LogP contribution < -0.4 is 10.6 Å². The van der Waals surface area contributed by atoms with Gasteiger partial charge in [-0.05, 0) is 37.4 Å². The molecule has 0 aromatic carbocycles. The van der Waals surface area contributed by atoms with Crippen molar-refractivity contribution in [1.82, 2.24) is 20.4 Å². The van der Waals surface area contributed by atoms with Crippen molar-refractivity contribution in [2.45, 2.75) is 26.2 Å². The molecule has 1 aliphatic heterocycles. The lowest BCUT2D eigenvalue weighted by atomic mass is 10.2. The van der Waals surface area contributed by atoms with Crippen LogP contribution in [0.1, 0.15) is 36.5 Å². The Kier molecular flexibility index (Phi) is 8.93. The molecular weight excluding hydrogens is 336 g/mol. The molecule has 25 heavy (non-hydrogen) atoms. The van der Waals surface area contributed by atoms with Crippen molar-refractivity contribution in [1.29, 1.82) is 0 Å². The van der Waals surface area contributed by atoms with Gasteiger partial charge in [-0.15, -0.1) is 0 Å². The van der Waals surface area contributed by atoms with Crippen molar-refractivity contribution >= 4 is 23.2 Å². The number of nitrogens with zero attached hydrogens (tertiary/aromatic N) is 2. The van der Waals surface area contributed by atoms with E-state index in [1.54, 1.807) is 6.07 Å². The van der Waals surface area contributed by atoms with Crippen molar-refractivity contribution in [2.75, 3.05) is 52.4 Å². The zero-order chi connectivity index (χ0) is 17.9. The van der Waals surface area contributed by atoms with Crippen LogP contribution >= 0.6 is 11.3 Å². The summed E-state index contributed by atoms with van der Waals surface area (Å²) in [6.07, 6.45) is 2.12. The predicted molar refractivity (Wildman–Crippen MR) is 102 cm³/mol. The van der Waals surface area contributed by atoms with Crippen LogP contribution in [-0.4, -0.2) is 74.0 Å². The van der Waals surface area contributed by atoms with E-state index in [2.05, 4.69) is 27.4 Å². The quantitative estimate of drug-likeness (QED) is 0.615. The van der Waals surface area contributed by atoms with E-state index in [-0.39, 0.29) is 11.8 Å². The molecule has 1 aromatic rings. The standard InChI is InChI=1S/C18H30N4O2S/c1-2-21-10-12-22(13-11-21)9-4-8-19-17(23)5-3-7-20-18(24)16-6-14-25-15-16/h6,14-15H,2-5,7-13H2,1H3,(H,19,23)(H,20,24). The third kappa shape index (κ3) is 7.54. The monoisotopic (exact) mass is 366 g/mol. The molecule has 0 aliphatic carbocycles. The molecule has 2 rings (SSSR count). The first-order valence-corrected chi connectivity index (χ1v) is 10.1. The van der Waals surface area contributed by atoms with Crippen LogP contribution in [0.15, 0.2) is 16.8 Å². The van der Waals surface area contributed by atoms with Crippen LogP contribution in [-0.2, 0) is 4.79 Å². The minimum Gasteiger partial charge on any atom is -0.356 e. The molecule has 2 amide bonds. The van der Waals surface area contributed by atoms with Crippen LogP contribution in [0.4, 0.5) is 0 Å². The van der Waals surface area contributed by atoms with E-state index in [1.807, 2.05) is 10.8 Å². The zero-order valence-corrected chi connectivity index (χ0v) is 15.9. The topological polar surface area (TPSA) is 64.7 Å². The van der Waals surface area contributed by atoms with Gasteiger partial charge in [-0.3, -0.25) is 9.59 Å². The molecule has 0 bridgehead atoms. The van der Waals surface area contributed by atoms with Gasteiger partial charge in [-0.25, -0.2) is 0 Å². The highest BCUT2D eigenvalue weighted by atomic mass is 32.1. The Bertz CT molecular complexity index is 513. The lowest BCUT2D eigenvalue weighted by molar-refractivity contribution is -0.121. The number of hydrogen-bond acceptors (Lipinski definition) is 5. The number of rotatable bonds is 10. The third-order valence-corrected chi connectivity index (χ3v) is 5.22.